The van der Waals surface area contributed by atoms with Crippen molar-refractivity contribution in [3.8, 4) is 11.3 Å². The van der Waals surface area contributed by atoms with Crippen LogP contribution < -0.4 is 0 Å². The van der Waals surface area contributed by atoms with Gasteiger partial charge >= 0.3 is 0 Å². The Morgan fingerprint density at radius 2 is 1.94 bits per heavy atom. The van der Waals surface area contributed by atoms with E-state index in [1.54, 1.807) is 23.7 Å². The van der Waals surface area contributed by atoms with E-state index >= 15 is 0 Å². The van der Waals surface area contributed by atoms with Gasteiger partial charge in [0, 0.05) is 31.0 Å². The molecule has 1 heterocycles. The van der Waals surface area contributed by atoms with E-state index in [9.17, 15) is 4.39 Å². The normalized spacial score (nSPS) is 13.2. The van der Waals surface area contributed by atoms with Gasteiger partial charge in [-0.1, -0.05) is 12.1 Å². The maximum absolute atomic E-state index is 14.6. The third-order valence-corrected chi connectivity index (χ3v) is 6.68. The monoisotopic (exact) mass is 457 g/mol. The minimum Gasteiger partial charge on any atom is -0.366 e. The Morgan fingerprint density at radius 3 is 2.71 bits per heavy atom. The predicted octanol–water partition coefficient (Wildman–Crippen LogP) is 6.76. The van der Waals surface area contributed by atoms with Crippen LogP contribution in [0, 0.1) is 12.7 Å². The number of nitrogens with zero attached hydrogens (tertiary/aromatic N) is 3. The average molecular weight is 458 g/mol. The molecule has 0 aliphatic heterocycles. The lowest BCUT2D eigenvalue weighted by atomic mass is 9.90. The summed E-state index contributed by atoms with van der Waals surface area (Å²) in [6, 6.07) is 10.2. The molecule has 0 radical (unpaired) electrons. The lowest BCUT2D eigenvalue weighted by Crippen LogP contribution is -2.14. The molecule has 0 saturated carbocycles. The molecule has 31 heavy (non-hydrogen) atoms. The van der Waals surface area contributed by atoms with E-state index in [1.807, 2.05) is 31.9 Å². The first-order valence-corrected chi connectivity index (χ1v) is 11.5. The molecule has 1 aromatic heterocycles. The molecule has 0 N–H and O–H groups in total. The van der Waals surface area contributed by atoms with Gasteiger partial charge < -0.3 is 4.90 Å². The molecule has 0 saturated heterocycles. The summed E-state index contributed by atoms with van der Waals surface area (Å²) in [4.78, 5) is 11.0. The van der Waals surface area contributed by atoms with Gasteiger partial charge in [-0.3, -0.25) is 0 Å². The molecule has 2 aromatic carbocycles. The summed E-state index contributed by atoms with van der Waals surface area (Å²) < 4.78 is 14.6. The van der Waals surface area contributed by atoms with Gasteiger partial charge in [0.25, 0.3) is 0 Å². The molecule has 0 bridgehead atoms. The summed E-state index contributed by atoms with van der Waals surface area (Å²) >= 11 is 1.64. The van der Waals surface area contributed by atoms with E-state index in [2.05, 4.69) is 28.6 Å². The number of halogens is 2. The summed E-state index contributed by atoms with van der Waals surface area (Å²) in [5, 5.41) is 3.12. The summed E-state index contributed by atoms with van der Waals surface area (Å²) in [5.74, 6) is -0.289. The Labute approximate surface area is 194 Å². The van der Waals surface area contributed by atoms with Gasteiger partial charge in [0.15, 0.2) is 0 Å². The number of hydrogen-bond donors (Lipinski definition) is 0. The van der Waals surface area contributed by atoms with E-state index in [4.69, 9.17) is 4.98 Å². The average Bonchev–Trinajstić information content (AvgIpc) is 3.23. The van der Waals surface area contributed by atoms with Gasteiger partial charge in [0.05, 0.1) is 17.0 Å². The van der Waals surface area contributed by atoms with Crippen LogP contribution in [-0.2, 0) is 19.3 Å². The number of aryl methyl sites for hydroxylation is 3. The van der Waals surface area contributed by atoms with Gasteiger partial charge in [0.2, 0.25) is 0 Å². The fourth-order valence-corrected chi connectivity index (χ4v) is 4.65. The summed E-state index contributed by atoms with van der Waals surface area (Å²) in [6.07, 6.45) is 7.24. The third kappa shape index (κ3) is 5.52. The van der Waals surface area contributed by atoms with E-state index in [0.717, 1.165) is 28.4 Å². The van der Waals surface area contributed by atoms with Crippen LogP contribution in [0.1, 0.15) is 47.0 Å². The zero-order valence-electron chi connectivity index (χ0n) is 18.3. The third-order valence-electron chi connectivity index (χ3n) is 5.84. The summed E-state index contributed by atoms with van der Waals surface area (Å²) in [6.45, 7) is 4.87. The minimum absolute atomic E-state index is 0. The first-order chi connectivity index (χ1) is 14.5. The van der Waals surface area contributed by atoms with Crippen molar-refractivity contribution in [1.29, 1.82) is 0 Å². The van der Waals surface area contributed by atoms with Gasteiger partial charge in [0.1, 0.15) is 11.5 Å². The Balaban J connectivity index is 0.00000272. The highest BCUT2D eigenvalue weighted by Gasteiger charge is 2.13. The fourth-order valence-electron chi connectivity index (χ4n) is 3.82. The maximum Gasteiger partial charge on any atom is 0.149 e. The van der Waals surface area contributed by atoms with E-state index < -0.39 is 0 Å². The Bertz CT molecular complexity index is 1080. The Kier molecular flexibility index (Phi) is 7.84. The van der Waals surface area contributed by atoms with Crippen LogP contribution in [0.3, 0.4) is 0 Å². The van der Waals surface area contributed by atoms with Crippen molar-refractivity contribution in [1.82, 2.24) is 9.88 Å². The molecule has 164 valence electrons. The Hall–Kier alpha value is -2.24. The molecule has 1 aliphatic rings. The van der Waals surface area contributed by atoms with Crippen LogP contribution in [0.15, 0.2) is 40.7 Å². The molecular formula is C25H29ClFN3S. The van der Waals surface area contributed by atoms with E-state index in [0.29, 0.717) is 12.1 Å². The van der Waals surface area contributed by atoms with Crippen LogP contribution in [0.5, 0.6) is 0 Å². The molecular weight excluding hydrogens is 429 g/mol. The van der Waals surface area contributed by atoms with Crippen molar-refractivity contribution in [2.75, 3.05) is 13.6 Å². The Morgan fingerprint density at radius 1 is 1.16 bits per heavy atom. The fraction of sp³-hybridized carbons (Fsp3) is 0.360. The molecule has 3 nitrogen and oxygen atoms in total. The highest BCUT2D eigenvalue weighted by molar-refractivity contribution is 7.10. The molecule has 6 heteroatoms. The van der Waals surface area contributed by atoms with Crippen LogP contribution in [-0.4, -0.2) is 29.8 Å². The van der Waals surface area contributed by atoms with Gasteiger partial charge in [-0.05, 0) is 80.0 Å². The number of fused-ring (bicyclic) bond motifs is 1. The quantitative estimate of drug-likeness (QED) is 0.302. The molecule has 4 rings (SSSR count). The molecule has 0 atom stereocenters. The van der Waals surface area contributed by atoms with Gasteiger partial charge in [-0.2, -0.15) is 0 Å². The first kappa shape index (κ1) is 23.4. The SMILES string of the molecule is CCN(C)C=Nc1cc(C)c(Cc2nc(-c3ccc4c(c3)CCCC4)cs2)cc1F.Cl. The van der Waals surface area contributed by atoms with E-state index in [-0.39, 0.29) is 18.2 Å². The summed E-state index contributed by atoms with van der Waals surface area (Å²) in [5.41, 5.74) is 7.53. The topological polar surface area (TPSA) is 28.5 Å². The zero-order chi connectivity index (χ0) is 21.1. The molecule has 1 aliphatic carbocycles. The van der Waals surface area contributed by atoms with Crippen molar-refractivity contribution in [3.63, 3.8) is 0 Å². The first-order valence-electron chi connectivity index (χ1n) is 10.6. The number of thiazole rings is 1. The largest absolute Gasteiger partial charge is 0.366 e. The standard InChI is InChI=1S/C25H28FN3S.ClH/c1-4-29(3)16-27-23-11-17(2)21(13-22(23)26)14-25-28-24(15-30-25)20-10-9-18-7-5-6-8-19(18)12-20;/h9-13,15-16H,4-8,14H2,1-3H3;1H. The molecule has 0 spiro atoms. The van der Waals surface area contributed by atoms with Crippen LogP contribution in [0.2, 0.25) is 0 Å². The number of rotatable bonds is 6. The van der Waals surface area contributed by atoms with Crippen molar-refractivity contribution >= 4 is 35.8 Å². The van der Waals surface area contributed by atoms with Gasteiger partial charge in [-0.15, -0.1) is 23.7 Å². The molecule has 0 unspecified atom stereocenters. The van der Waals surface area contributed by atoms with Crippen molar-refractivity contribution < 1.29 is 4.39 Å². The van der Waals surface area contributed by atoms with E-state index in [1.165, 1.54) is 42.4 Å². The van der Waals surface area contributed by atoms with Crippen molar-refractivity contribution in [2.24, 2.45) is 4.99 Å². The van der Waals surface area contributed by atoms with Crippen LogP contribution in [0.4, 0.5) is 10.1 Å². The number of aromatic nitrogens is 1. The molecule has 0 fully saturated rings. The number of benzene rings is 2. The van der Waals surface area contributed by atoms with Gasteiger partial charge in [-0.25, -0.2) is 14.4 Å². The lowest BCUT2D eigenvalue weighted by Gasteiger charge is -2.16. The highest BCUT2D eigenvalue weighted by atomic mass is 35.5. The number of aliphatic imine (C=N–C) groups is 1. The second-order valence-electron chi connectivity index (χ2n) is 8.04. The summed E-state index contributed by atoms with van der Waals surface area (Å²) in [7, 11) is 1.92. The second kappa shape index (κ2) is 10.4. The van der Waals surface area contributed by atoms with Crippen LogP contribution >= 0.6 is 23.7 Å². The lowest BCUT2D eigenvalue weighted by molar-refractivity contribution is 0.551. The maximum atomic E-state index is 14.6. The zero-order valence-corrected chi connectivity index (χ0v) is 20.0. The predicted molar refractivity (Wildman–Crippen MR) is 132 cm³/mol. The van der Waals surface area contributed by atoms with Crippen LogP contribution in [0.25, 0.3) is 11.3 Å². The second-order valence-corrected chi connectivity index (χ2v) is 8.98. The minimum atomic E-state index is -0.289. The van der Waals surface area contributed by atoms with Crippen molar-refractivity contribution in [2.45, 2.75) is 46.0 Å². The van der Waals surface area contributed by atoms with Crippen molar-refractivity contribution in [3.05, 3.63) is 68.8 Å². The number of hydrogen-bond acceptors (Lipinski definition) is 3. The highest BCUT2D eigenvalue weighted by Crippen LogP contribution is 2.30. The molecule has 0 amide bonds. The molecule has 3 aromatic rings. The smallest absolute Gasteiger partial charge is 0.149 e.